The highest BCUT2D eigenvalue weighted by Gasteiger charge is 2.14. The molecule has 190 valence electrons. The molecule has 0 radical (unpaired) electrons. The lowest BCUT2D eigenvalue weighted by atomic mass is 10.1. The third-order valence-electron chi connectivity index (χ3n) is 5.71. The van der Waals surface area contributed by atoms with Crippen molar-refractivity contribution < 1.29 is 9.59 Å². The van der Waals surface area contributed by atoms with Crippen LogP contribution in [0.1, 0.15) is 35.3 Å². The minimum Gasteiger partial charge on any atom is -0.355 e. The van der Waals surface area contributed by atoms with Crippen molar-refractivity contribution >= 4 is 34.5 Å². The molecule has 0 aliphatic heterocycles. The van der Waals surface area contributed by atoms with Crippen LogP contribution in [0, 0.1) is 0 Å². The molecule has 2 amide bonds. The lowest BCUT2D eigenvalue weighted by Crippen LogP contribution is -2.30. The number of carbonyl (C=O) groups excluding carboxylic acids is 2. The molecule has 0 unspecified atom stereocenters. The standard InChI is InChI=1S/C29H30N4O3S/c1-20(2)31-27(35)23-14-12-22(13-15-23)18-33-28(36)24-10-6-7-11-25(24)32-29(33)37-19-26(34)30-17-16-21-8-4-3-5-9-21/h3-15,20H,16-19H2,1-2H3,(H,30,34)(H,31,35). The minimum absolute atomic E-state index is 0.0459. The van der Waals surface area contributed by atoms with Crippen LogP contribution in [-0.4, -0.2) is 39.7 Å². The van der Waals surface area contributed by atoms with Gasteiger partial charge in [-0.3, -0.25) is 19.0 Å². The van der Waals surface area contributed by atoms with E-state index < -0.39 is 0 Å². The Hall–Kier alpha value is -3.91. The monoisotopic (exact) mass is 514 g/mol. The first-order valence-corrected chi connectivity index (χ1v) is 13.2. The summed E-state index contributed by atoms with van der Waals surface area (Å²) < 4.78 is 1.59. The number of benzene rings is 3. The van der Waals surface area contributed by atoms with Crippen LogP contribution >= 0.6 is 11.8 Å². The molecule has 8 heteroatoms. The zero-order valence-electron chi connectivity index (χ0n) is 20.9. The Morgan fingerprint density at radius 1 is 0.919 bits per heavy atom. The Balaban J connectivity index is 1.49. The Labute approximate surface area is 220 Å². The van der Waals surface area contributed by atoms with Gasteiger partial charge in [0.15, 0.2) is 5.16 Å². The predicted molar refractivity (Wildman–Crippen MR) is 148 cm³/mol. The summed E-state index contributed by atoms with van der Waals surface area (Å²) >= 11 is 1.24. The lowest BCUT2D eigenvalue weighted by Gasteiger charge is -2.14. The van der Waals surface area contributed by atoms with E-state index in [1.54, 1.807) is 28.8 Å². The highest BCUT2D eigenvalue weighted by molar-refractivity contribution is 7.99. The van der Waals surface area contributed by atoms with Crippen molar-refractivity contribution in [3.8, 4) is 0 Å². The molecule has 37 heavy (non-hydrogen) atoms. The maximum Gasteiger partial charge on any atom is 0.262 e. The summed E-state index contributed by atoms with van der Waals surface area (Å²) in [6.45, 7) is 4.64. The molecule has 0 spiro atoms. The largest absolute Gasteiger partial charge is 0.355 e. The first-order valence-electron chi connectivity index (χ1n) is 12.2. The molecule has 0 atom stereocenters. The molecule has 4 aromatic rings. The average molecular weight is 515 g/mol. The Morgan fingerprint density at radius 3 is 2.35 bits per heavy atom. The van der Waals surface area contributed by atoms with E-state index in [-0.39, 0.29) is 35.7 Å². The van der Waals surface area contributed by atoms with Crippen LogP contribution in [-0.2, 0) is 17.8 Å². The third-order valence-corrected chi connectivity index (χ3v) is 6.69. The highest BCUT2D eigenvalue weighted by Crippen LogP contribution is 2.19. The molecule has 7 nitrogen and oxygen atoms in total. The number of aromatic nitrogens is 2. The molecule has 1 aromatic heterocycles. The van der Waals surface area contributed by atoms with Crippen molar-refractivity contribution in [2.75, 3.05) is 12.3 Å². The molecular formula is C29H30N4O3S. The summed E-state index contributed by atoms with van der Waals surface area (Å²) in [5.41, 5.74) is 3.00. The number of para-hydroxylation sites is 1. The number of fused-ring (bicyclic) bond motifs is 1. The topological polar surface area (TPSA) is 93.1 Å². The molecule has 3 aromatic carbocycles. The fourth-order valence-electron chi connectivity index (χ4n) is 3.86. The van der Waals surface area contributed by atoms with Crippen molar-refractivity contribution in [1.29, 1.82) is 0 Å². The van der Waals surface area contributed by atoms with Gasteiger partial charge in [-0.2, -0.15) is 0 Å². The second kappa shape index (κ2) is 12.4. The predicted octanol–water partition coefficient (Wildman–Crippen LogP) is 4.03. The third kappa shape index (κ3) is 7.07. The Bertz CT molecular complexity index is 1430. The molecule has 0 saturated carbocycles. The molecule has 1 heterocycles. The number of hydrogen-bond donors (Lipinski definition) is 2. The van der Waals surface area contributed by atoms with Gasteiger partial charge in [0, 0.05) is 18.2 Å². The summed E-state index contributed by atoms with van der Waals surface area (Å²) in [6, 6.07) is 24.4. The van der Waals surface area contributed by atoms with Crippen LogP contribution in [0.5, 0.6) is 0 Å². The van der Waals surface area contributed by atoms with Crippen molar-refractivity contribution in [2.24, 2.45) is 0 Å². The molecule has 2 N–H and O–H groups in total. The average Bonchev–Trinajstić information content (AvgIpc) is 2.90. The van der Waals surface area contributed by atoms with Crippen molar-refractivity contribution in [2.45, 2.75) is 38.0 Å². The van der Waals surface area contributed by atoms with Crippen LogP contribution in [0.2, 0.25) is 0 Å². The van der Waals surface area contributed by atoms with Gasteiger partial charge in [-0.1, -0.05) is 66.4 Å². The van der Waals surface area contributed by atoms with Gasteiger partial charge in [0.25, 0.3) is 11.5 Å². The van der Waals surface area contributed by atoms with Gasteiger partial charge in [-0.05, 0) is 55.7 Å². The number of amides is 2. The summed E-state index contributed by atoms with van der Waals surface area (Å²) in [6.07, 6.45) is 0.751. The van der Waals surface area contributed by atoms with E-state index in [2.05, 4.69) is 10.6 Å². The smallest absolute Gasteiger partial charge is 0.262 e. The van der Waals surface area contributed by atoms with Gasteiger partial charge in [0.1, 0.15) is 0 Å². The quantitative estimate of drug-likeness (QED) is 0.246. The number of nitrogens with zero attached hydrogens (tertiary/aromatic N) is 2. The fourth-order valence-corrected chi connectivity index (χ4v) is 4.69. The van der Waals surface area contributed by atoms with Gasteiger partial charge >= 0.3 is 0 Å². The van der Waals surface area contributed by atoms with E-state index in [1.807, 2.05) is 68.4 Å². The maximum atomic E-state index is 13.4. The summed E-state index contributed by atoms with van der Waals surface area (Å²) in [4.78, 5) is 42.8. The van der Waals surface area contributed by atoms with Crippen molar-refractivity contribution in [1.82, 2.24) is 20.2 Å². The lowest BCUT2D eigenvalue weighted by molar-refractivity contribution is -0.118. The fraction of sp³-hybridized carbons (Fsp3) is 0.241. The number of hydrogen-bond acceptors (Lipinski definition) is 5. The van der Waals surface area contributed by atoms with Crippen LogP contribution in [0.15, 0.2) is 88.8 Å². The molecule has 4 rings (SSSR count). The van der Waals surface area contributed by atoms with Gasteiger partial charge in [0.05, 0.1) is 23.2 Å². The summed E-state index contributed by atoms with van der Waals surface area (Å²) in [7, 11) is 0. The molecule has 0 saturated heterocycles. The SMILES string of the molecule is CC(C)NC(=O)c1ccc(Cn2c(SCC(=O)NCCc3ccccc3)nc3ccccc3c2=O)cc1. The zero-order valence-corrected chi connectivity index (χ0v) is 21.8. The van der Waals surface area contributed by atoms with Gasteiger partial charge in [-0.15, -0.1) is 0 Å². The highest BCUT2D eigenvalue weighted by atomic mass is 32.2. The van der Waals surface area contributed by atoms with E-state index in [0.29, 0.717) is 28.2 Å². The van der Waals surface area contributed by atoms with E-state index in [4.69, 9.17) is 4.98 Å². The molecular weight excluding hydrogens is 484 g/mol. The van der Waals surface area contributed by atoms with Gasteiger partial charge in [-0.25, -0.2) is 4.98 Å². The normalized spacial score (nSPS) is 11.0. The first kappa shape index (κ1) is 26.2. The maximum absolute atomic E-state index is 13.4. The number of rotatable bonds is 10. The Morgan fingerprint density at radius 2 is 1.62 bits per heavy atom. The Kier molecular flexibility index (Phi) is 8.74. The molecule has 0 aliphatic rings. The second-order valence-corrected chi connectivity index (χ2v) is 9.94. The number of thioether (sulfide) groups is 1. The minimum atomic E-state index is -0.167. The van der Waals surface area contributed by atoms with Gasteiger partial charge in [0.2, 0.25) is 5.91 Å². The molecule has 0 aliphatic carbocycles. The second-order valence-electron chi connectivity index (χ2n) is 9.00. The van der Waals surface area contributed by atoms with E-state index in [1.165, 1.54) is 11.8 Å². The number of carbonyl (C=O) groups is 2. The van der Waals surface area contributed by atoms with Crippen molar-refractivity contribution in [3.05, 3.63) is 106 Å². The van der Waals surface area contributed by atoms with Crippen LogP contribution in [0.25, 0.3) is 10.9 Å². The summed E-state index contributed by atoms with van der Waals surface area (Å²) in [5.74, 6) is -0.107. The van der Waals surface area contributed by atoms with Gasteiger partial charge < -0.3 is 10.6 Å². The first-order chi connectivity index (χ1) is 17.9. The van der Waals surface area contributed by atoms with Crippen LogP contribution in [0.4, 0.5) is 0 Å². The molecule has 0 fully saturated rings. The van der Waals surface area contributed by atoms with Crippen LogP contribution in [0.3, 0.4) is 0 Å². The number of nitrogens with one attached hydrogen (secondary N) is 2. The molecule has 0 bridgehead atoms. The van der Waals surface area contributed by atoms with E-state index in [0.717, 1.165) is 17.5 Å². The van der Waals surface area contributed by atoms with E-state index in [9.17, 15) is 14.4 Å². The van der Waals surface area contributed by atoms with Crippen molar-refractivity contribution in [3.63, 3.8) is 0 Å². The van der Waals surface area contributed by atoms with E-state index >= 15 is 0 Å². The summed E-state index contributed by atoms with van der Waals surface area (Å²) in [5, 5.41) is 6.81. The zero-order chi connectivity index (χ0) is 26.2. The van der Waals surface area contributed by atoms with Crippen LogP contribution < -0.4 is 16.2 Å².